The smallest absolute Gasteiger partial charge is 0.336 e. The van der Waals surface area contributed by atoms with Crippen LogP contribution in [-0.4, -0.2) is 20.6 Å². The first kappa shape index (κ1) is 22.7. The summed E-state index contributed by atoms with van der Waals surface area (Å²) in [5, 5.41) is 4.21. The molecule has 0 heterocycles. The fourth-order valence-electron chi connectivity index (χ4n) is 2.42. The Kier molecular flexibility index (Phi) is 7.62. The number of hydrazone groups is 1. The first-order valence-corrected chi connectivity index (χ1v) is 11.5. The fourth-order valence-corrected chi connectivity index (χ4v) is 3.71. The van der Waals surface area contributed by atoms with Crippen molar-refractivity contribution in [2.24, 2.45) is 5.10 Å². The number of hydrogen-bond donors (Lipinski definition) is 1. The topological polar surface area (TPSA) is 84.8 Å². The molecule has 6 nitrogen and oxygen atoms in total. The number of sulfonamides is 1. The second-order valence-electron chi connectivity index (χ2n) is 6.15. The van der Waals surface area contributed by atoms with E-state index in [1.54, 1.807) is 24.3 Å². The Hall–Kier alpha value is -2.94. The van der Waals surface area contributed by atoms with Gasteiger partial charge < -0.3 is 4.74 Å². The maximum absolute atomic E-state index is 12.3. The van der Waals surface area contributed by atoms with Gasteiger partial charge in [-0.3, -0.25) is 0 Å². The van der Waals surface area contributed by atoms with Gasteiger partial charge in [-0.2, -0.15) is 13.5 Å². The summed E-state index contributed by atoms with van der Waals surface area (Å²) in [6, 6.07) is 19.9. The summed E-state index contributed by atoms with van der Waals surface area (Å²) in [7, 11) is -3.87. The molecule has 0 aromatic heterocycles. The van der Waals surface area contributed by atoms with Crippen LogP contribution in [0, 0.1) is 0 Å². The van der Waals surface area contributed by atoms with Gasteiger partial charge in [0, 0.05) is 21.1 Å². The van der Waals surface area contributed by atoms with Gasteiger partial charge in [-0.05, 0) is 54.1 Å². The van der Waals surface area contributed by atoms with Crippen molar-refractivity contribution >= 4 is 55.8 Å². The van der Waals surface area contributed by atoms with E-state index in [2.05, 4.69) is 25.9 Å². The van der Waals surface area contributed by atoms with Crippen molar-refractivity contribution in [3.05, 3.63) is 99.5 Å². The van der Waals surface area contributed by atoms with Gasteiger partial charge in [0.15, 0.2) is 0 Å². The van der Waals surface area contributed by atoms with Gasteiger partial charge >= 0.3 is 5.97 Å². The summed E-state index contributed by atoms with van der Waals surface area (Å²) in [6.07, 6.45) is 4.19. The van der Waals surface area contributed by atoms with Gasteiger partial charge in [0.1, 0.15) is 5.75 Å². The van der Waals surface area contributed by atoms with Crippen molar-refractivity contribution < 1.29 is 17.9 Å². The fraction of sp³-hybridized carbons (Fsp3) is 0. The zero-order valence-electron chi connectivity index (χ0n) is 15.9. The maximum atomic E-state index is 12.3. The summed E-state index contributed by atoms with van der Waals surface area (Å²) < 4.78 is 30.7. The largest absolute Gasteiger partial charge is 0.423 e. The number of hydrogen-bond acceptors (Lipinski definition) is 5. The van der Waals surface area contributed by atoms with Gasteiger partial charge in [-0.25, -0.2) is 9.63 Å². The molecular weight excluding hydrogens is 504 g/mol. The zero-order valence-corrected chi connectivity index (χ0v) is 19.1. The molecule has 0 spiro atoms. The first-order valence-electron chi connectivity index (χ1n) is 8.88. The van der Waals surface area contributed by atoms with Crippen LogP contribution in [0.2, 0.25) is 5.02 Å². The second kappa shape index (κ2) is 10.4. The van der Waals surface area contributed by atoms with Crippen LogP contribution in [0.15, 0.2) is 93.3 Å². The molecule has 31 heavy (non-hydrogen) atoms. The summed E-state index contributed by atoms with van der Waals surface area (Å²) >= 11 is 9.11. The summed E-state index contributed by atoms with van der Waals surface area (Å²) in [6.45, 7) is 0. The highest BCUT2D eigenvalue weighted by Crippen LogP contribution is 2.22. The SMILES string of the molecule is O=C(C=Cc1ccccc1)Oc1ccc(Br)cc1C=NNS(=O)(=O)c1ccc(Cl)cc1. The molecule has 1 N–H and O–H groups in total. The molecule has 3 rings (SSSR count). The van der Waals surface area contributed by atoms with E-state index in [0.717, 1.165) is 5.56 Å². The minimum absolute atomic E-state index is 0.0148. The van der Waals surface area contributed by atoms with E-state index in [9.17, 15) is 13.2 Å². The molecule has 0 amide bonds. The van der Waals surface area contributed by atoms with Crippen molar-refractivity contribution in [1.82, 2.24) is 4.83 Å². The molecule has 0 aliphatic heterocycles. The van der Waals surface area contributed by atoms with Gasteiger partial charge in [0.25, 0.3) is 10.0 Å². The monoisotopic (exact) mass is 518 g/mol. The number of halogens is 2. The molecule has 0 atom stereocenters. The Morgan fingerprint density at radius 2 is 1.74 bits per heavy atom. The molecule has 0 saturated carbocycles. The highest BCUT2D eigenvalue weighted by molar-refractivity contribution is 9.10. The van der Waals surface area contributed by atoms with Gasteiger partial charge in [-0.1, -0.05) is 57.9 Å². The third-order valence-electron chi connectivity index (χ3n) is 3.89. The lowest BCUT2D eigenvalue weighted by molar-refractivity contribution is -0.128. The Morgan fingerprint density at radius 1 is 1.03 bits per heavy atom. The van der Waals surface area contributed by atoms with Crippen LogP contribution in [-0.2, 0) is 14.8 Å². The summed E-state index contributed by atoms with van der Waals surface area (Å²) in [5.74, 6) is -0.358. The van der Waals surface area contributed by atoms with Crippen molar-refractivity contribution in [3.8, 4) is 5.75 Å². The Balaban J connectivity index is 1.73. The van der Waals surface area contributed by atoms with Gasteiger partial charge in [0.2, 0.25) is 0 Å². The predicted molar refractivity (Wildman–Crippen MR) is 125 cm³/mol. The lowest BCUT2D eigenvalue weighted by Gasteiger charge is -2.07. The van der Waals surface area contributed by atoms with Crippen LogP contribution < -0.4 is 9.57 Å². The number of nitrogens with zero attached hydrogens (tertiary/aromatic N) is 1. The predicted octanol–water partition coefficient (Wildman–Crippen LogP) is 5.03. The summed E-state index contributed by atoms with van der Waals surface area (Å²) in [4.78, 5) is 14.3. The van der Waals surface area contributed by atoms with E-state index in [0.29, 0.717) is 15.1 Å². The van der Waals surface area contributed by atoms with Crippen LogP contribution >= 0.6 is 27.5 Å². The average molecular weight is 520 g/mol. The van der Waals surface area contributed by atoms with Gasteiger partial charge in [0.05, 0.1) is 11.1 Å². The molecule has 0 saturated heterocycles. The number of carbonyl (C=O) groups is 1. The van der Waals surface area contributed by atoms with Crippen LogP contribution in [0.1, 0.15) is 11.1 Å². The molecule has 0 aliphatic carbocycles. The van der Waals surface area contributed by atoms with E-state index in [4.69, 9.17) is 16.3 Å². The molecule has 0 aliphatic rings. The number of carbonyl (C=O) groups excluding carboxylic acids is 1. The molecule has 158 valence electrons. The highest BCUT2D eigenvalue weighted by Gasteiger charge is 2.13. The third kappa shape index (κ3) is 6.78. The van der Waals surface area contributed by atoms with Crippen molar-refractivity contribution in [2.45, 2.75) is 4.90 Å². The molecular formula is C22H16BrClN2O4S. The lowest BCUT2D eigenvalue weighted by atomic mass is 10.2. The first-order chi connectivity index (χ1) is 14.8. The molecule has 0 bridgehead atoms. The molecule has 0 radical (unpaired) electrons. The van der Waals surface area contributed by atoms with E-state index in [1.165, 1.54) is 36.6 Å². The standard InChI is InChI=1S/C22H16BrClN2O4S/c23-18-7-12-21(30-22(27)13-6-16-4-2-1-3-5-16)17(14-18)15-25-26-31(28,29)20-10-8-19(24)9-11-20/h1-15,26H. The average Bonchev–Trinajstić information content (AvgIpc) is 2.75. The minimum Gasteiger partial charge on any atom is -0.423 e. The van der Waals surface area contributed by atoms with Crippen molar-refractivity contribution in [2.75, 3.05) is 0 Å². The van der Waals surface area contributed by atoms with Crippen LogP contribution in [0.25, 0.3) is 6.08 Å². The maximum Gasteiger partial charge on any atom is 0.336 e. The Morgan fingerprint density at radius 3 is 2.45 bits per heavy atom. The van der Waals surface area contributed by atoms with E-state index < -0.39 is 16.0 Å². The van der Waals surface area contributed by atoms with Gasteiger partial charge in [-0.15, -0.1) is 0 Å². The number of rotatable bonds is 7. The van der Waals surface area contributed by atoms with Crippen molar-refractivity contribution in [3.63, 3.8) is 0 Å². The van der Waals surface area contributed by atoms with Crippen LogP contribution in [0.5, 0.6) is 5.75 Å². The highest BCUT2D eigenvalue weighted by atomic mass is 79.9. The van der Waals surface area contributed by atoms with E-state index in [1.807, 2.05) is 30.3 Å². The van der Waals surface area contributed by atoms with Crippen LogP contribution in [0.4, 0.5) is 0 Å². The minimum atomic E-state index is -3.87. The van der Waals surface area contributed by atoms with E-state index >= 15 is 0 Å². The molecule has 0 fully saturated rings. The molecule has 3 aromatic rings. The second-order valence-corrected chi connectivity index (χ2v) is 9.17. The molecule has 3 aromatic carbocycles. The van der Waals surface area contributed by atoms with E-state index in [-0.39, 0.29) is 10.6 Å². The Labute approximate surface area is 193 Å². The normalized spacial score (nSPS) is 11.7. The van der Waals surface area contributed by atoms with Crippen molar-refractivity contribution in [1.29, 1.82) is 0 Å². The number of nitrogens with one attached hydrogen (secondary N) is 1. The van der Waals surface area contributed by atoms with Crippen LogP contribution in [0.3, 0.4) is 0 Å². The summed E-state index contributed by atoms with van der Waals surface area (Å²) in [5.41, 5.74) is 1.25. The number of ether oxygens (including phenoxy) is 1. The third-order valence-corrected chi connectivity index (χ3v) is 5.88. The number of benzene rings is 3. The number of esters is 1. The quantitative estimate of drug-likeness (QED) is 0.156. The lowest BCUT2D eigenvalue weighted by Crippen LogP contribution is -2.18. The zero-order chi connectivity index (χ0) is 22.3. The Bertz CT molecular complexity index is 1230. The molecule has 0 unspecified atom stereocenters. The molecule has 9 heteroatoms.